The number of hydrogen-bond donors (Lipinski definition) is 3. The van der Waals surface area contributed by atoms with Gasteiger partial charge in [0.05, 0.1) is 17.0 Å². The molecular weight excluding hydrogens is 460 g/mol. The van der Waals surface area contributed by atoms with Crippen molar-refractivity contribution in [3.05, 3.63) is 51.9 Å². The highest BCUT2D eigenvalue weighted by molar-refractivity contribution is 7.18. The van der Waals surface area contributed by atoms with E-state index in [-0.39, 0.29) is 22.0 Å². The Labute approximate surface area is 200 Å². The van der Waals surface area contributed by atoms with Crippen LogP contribution in [0, 0.1) is 6.92 Å². The predicted octanol–water partition coefficient (Wildman–Crippen LogP) is 2.39. The molecule has 1 unspecified atom stereocenters. The van der Waals surface area contributed by atoms with Gasteiger partial charge in [-0.2, -0.15) is 0 Å². The zero-order valence-corrected chi connectivity index (χ0v) is 20.1. The van der Waals surface area contributed by atoms with Crippen molar-refractivity contribution in [2.75, 3.05) is 25.5 Å². The zero-order chi connectivity index (χ0) is 25.0. The molecule has 1 aromatic heterocycles. The van der Waals surface area contributed by atoms with Gasteiger partial charge in [0.25, 0.3) is 11.8 Å². The first-order chi connectivity index (χ1) is 16.2. The smallest absolute Gasteiger partial charge is 0.341 e. The Kier molecular flexibility index (Phi) is 7.35. The Balaban J connectivity index is 1.86. The van der Waals surface area contributed by atoms with Crippen molar-refractivity contribution < 1.29 is 28.7 Å². The monoisotopic (exact) mass is 486 g/mol. The molecule has 2 aromatic rings. The molecule has 0 spiro atoms. The summed E-state index contributed by atoms with van der Waals surface area (Å²) in [7, 11) is 1.45. The Morgan fingerprint density at radius 2 is 1.82 bits per heavy atom. The second-order valence-electron chi connectivity index (χ2n) is 7.55. The van der Waals surface area contributed by atoms with E-state index >= 15 is 0 Å². The zero-order valence-electron chi connectivity index (χ0n) is 19.3. The molecule has 2 heterocycles. The molecule has 1 saturated heterocycles. The normalized spacial score (nSPS) is 17.4. The third kappa shape index (κ3) is 4.38. The maximum Gasteiger partial charge on any atom is 0.341 e. The van der Waals surface area contributed by atoms with Crippen LogP contribution in [0.15, 0.2) is 30.3 Å². The molecule has 1 aliphatic heterocycles. The van der Waals surface area contributed by atoms with Crippen LogP contribution >= 0.6 is 11.3 Å². The molecule has 0 aliphatic carbocycles. The topological polar surface area (TPSA) is 134 Å². The van der Waals surface area contributed by atoms with Crippen molar-refractivity contribution >= 4 is 46.1 Å². The molecular formula is C23H26N4O6S. The molecule has 11 heteroatoms. The third-order valence-electron chi connectivity index (χ3n) is 5.59. The first kappa shape index (κ1) is 24.9. The van der Waals surface area contributed by atoms with Crippen LogP contribution < -0.4 is 16.0 Å². The summed E-state index contributed by atoms with van der Waals surface area (Å²) in [5.74, 6) is -2.34. The summed E-state index contributed by atoms with van der Waals surface area (Å²) >= 11 is 0.913. The number of anilines is 1. The molecule has 34 heavy (non-hydrogen) atoms. The van der Waals surface area contributed by atoms with E-state index in [0.29, 0.717) is 17.5 Å². The Hall–Kier alpha value is -3.73. The molecule has 1 aromatic carbocycles. The van der Waals surface area contributed by atoms with Crippen molar-refractivity contribution in [1.82, 2.24) is 15.5 Å². The lowest BCUT2D eigenvalue weighted by Gasteiger charge is -2.25. The average molecular weight is 487 g/mol. The highest BCUT2D eigenvalue weighted by Crippen LogP contribution is 2.35. The molecule has 5 amide bonds. The fraction of sp³-hybridized carbons (Fsp3) is 0.348. The van der Waals surface area contributed by atoms with Crippen LogP contribution in [0.1, 0.15) is 51.4 Å². The predicted molar refractivity (Wildman–Crippen MR) is 126 cm³/mol. The molecule has 0 radical (unpaired) electrons. The molecule has 3 N–H and O–H groups in total. The molecule has 0 bridgehead atoms. The number of hydrogen-bond acceptors (Lipinski definition) is 7. The lowest BCUT2D eigenvalue weighted by atomic mass is 9.87. The Morgan fingerprint density at radius 3 is 2.41 bits per heavy atom. The highest BCUT2D eigenvalue weighted by atomic mass is 32.1. The minimum atomic E-state index is -1.26. The average Bonchev–Trinajstić information content (AvgIpc) is 3.28. The number of nitrogens with zero attached hydrogens (tertiary/aromatic N) is 1. The largest absolute Gasteiger partial charge is 0.462 e. The van der Waals surface area contributed by atoms with Crippen LogP contribution in [-0.4, -0.2) is 54.8 Å². The van der Waals surface area contributed by atoms with Crippen molar-refractivity contribution in [3.63, 3.8) is 0 Å². The SMILES string of the molecule is CCOC(=O)c1c(NC(=O)CN2C(=O)NC(CC)(c3ccccc3)C2=O)sc(C(=O)NC)c1C. The van der Waals surface area contributed by atoms with Crippen molar-refractivity contribution in [3.8, 4) is 0 Å². The van der Waals surface area contributed by atoms with E-state index in [1.807, 2.05) is 0 Å². The molecule has 10 nitrogen and oxygen atoms in total. The van der Waals surface area contributed by atoms with E-state index in [0.717, 1.165) is 16.2 Å². The van der Waals surface area contributed by atoms with Gasteiger partial charge < -0.3 is 20.7 Å². The molecule has 1 atom stereocenters. The van der Waals surface area contributed by atoms with Gasteiger partial charge in [-0.05, 0) is 31.4 Å². The number of esters is 1. The number of amides is 5. The van der Waals surface area contributed by atoms with Crippen LogP contribution in [0.5, 0.6) is 0 Å². The molecule has 1 aliphatic rings. The van der Waals surface area contributed by atoms with Crippen LogP contribution in [0.3, 0.4) is 0 Å². The number of carbonyl (C=O) groups excluding carboxylic acids is 5. The summed E-state index contributed by atoms with van der Waals surface area (Å²) in [6.07, 6.45) is 0.298. The van der Waals surface area contributed by atoms with Gasteiger partial charge in [-0.15, -0.1) is 11.3 Å². The van der Waals surface area contributed by atoms with Gasteiger partial charge >= 0.3 is 12.0 Å². The maximum atomic E-state index is 13.2. The van der Waals surface area contributed by atoms with E-state index in [2.05, 4.69) is 16.0 Å². The number of rotatable bonds is 8. The lowest BCUT2D eigenvalue weighted by molar-refractivity contribution is -0.134. The van der Waals surface area contributed by atoms with Crippen molar-refractivity contribution in [2.24, 2.45) is 0 Å². The summed E-state index contributed by atoms with van der Waals surface area (Å²) < 4.78 is 5.07. The lowest BCUT2D eigenvalue weighted by Crippen LogP contribution is -2.44. The fourth-order valence-corrected chi connectivity index (χ4v) is 4.98. The van der Waals surface area contributed by atoms with Gasteiger partial charge in [0.1, 0.15) is 17.1 Å². The summed E-state index contributed by atoms with van der Waals surface area (Å²) in [5.41, 5.74) is -0.224. The first-order valence-corrected chi connectivity index (χ1v) is 11.5. The standard InChI is InChI=1S/C23H26N4O6S/c1-5-23(14-10-8-7-9-11-14)21(31)27(22(32)26-23)12-15(28)25-19-16(20(30)33-6-2)13(3)17(34-19)18(29)24-4/h7-11H,5-6,12H2,1-4H3,(H,24,29)(H,25,28)(H,26,32). The van der Waals surface area contributed by atoms with Gasteiger partial charge in [-0.3, -0.25) is 19.3 Å². The van der Waals surface area contributed by atoms with Gasteiger partial charge in [0.2, 0.25) is 5.91 Å². The van der Waals surface area contributed by atoms with Crippen LogP contribution in [-0.2, 0) is 19.9 Å². The molecule has 180 valence electrons. The second kappa shape index (κ2) is 10.0. The summed E-state index contributed by atoms with van der Waals surface area (Å²) in [6, 6.07) is 8.13. The summed E-state index contributed by atoms with van der Waals surface area (Å²) in [5, 5.41) is 7.88. The summed E-state index contributed by atoms with van der Waals surface area (Å²) in [6.45, 7) is 4.54. The number of thiophene rings is 1. The quantitative estimate of drug-likeness (QED) is 0.388. The van der Waals surface area contributed by atoms with Gasteiger partial charge in [0.15, 0.2) is 0 Å². The fourth-order valence-electron chi connectivity index (χ4n) is 3.82. The van der Waals surface area contributed by atoms with Gasteiger partial charge in [-0.1, -0.05) is 37.3 Å². The maximum absolute atomic E-state index is 13.2. The second-order valence-corrected chi connectivity index (χ2v) is 8.58. The van der Waals surface area contributed by atoms with Crippen LogP contribution in [0.4, 0.5) is 9.80 Å². The van der Waals surface area contributed by atoms with E-state index in [1.165, 1.54) is 7.05 Å². The molecule has 1 fully saturated rings. The number of carbonyl (C=O) groups is 5. The highest BCUT2D eigenvalue weighted by Gasteiger charge is 2.51. The number of benzene rings is 1. The van der Waals surface area contributed by atoms with Crippen molar-refractivity contribution in [2.45, 2.75) is 32.7 Å². The van der Waals surface area contributed by atoms with E-state index in [1.54, 1.807) is 51.1 Å². The minimum absolute atomic E-state index is 0.0585. The number of imide groups is 1. The van der Waals surface area contributed by atoms with Crippen LogP contribution in [0.2, 0.25) is 0 Å². The molecule has 3 rings (SSSR count). The van der Waals surface area contributed by atoms with E-state index < -0.39 is 41.8 Å². The molecule has 0 saturated carbocycles. The van der Waals surface area contributed by atoms with Crippen LogP contribution in [0.25, 0.3) is 0 Å². The van der Waals surface area contributed by atoms with Crippen molar-refractivity contribution in [1.29, 1.82) is 0 Å². The number of nitrogens with one attached hydrogen (secondary N) is 3. The van der Waals surface area contributed by atoms with Gasteiger partial charge in [0, 0.05) is 7.05 Å². The van der Waals surface area contributed by atoms with E-state index in [4.69, 9.17) is 4.74 Å². The Bertz CT molecular complexity index is 1150. The minimum Gasteiger partial charge on any atom is -0.462 e. The Morgan fingerprint density at radius 1 is 1.15 bits per heavy atom. The number of ether oxygens (including phenoxy) is 1. The first-order valence-electron chi connectivity index (χ1n) is 10.7. The van der Waals surface area contributed by atoms with E-state index in [9.17, 15) is 24.0 Å². The third-order valence-corrected chi connectivity index (χ3v) is 6.79. The number of urea groups is 1. The summed E-state index contributed by atoms with van der Waals surface area (Å²) in [4.78, 5) is 64.5. The van der Waals surface area contributed by atoms with Gasteiger partial charge in [-0.25, -0.2) is 9.59 Å².